The van der Waals surface area contributed by atoms with Gasteiger partial charge in [-0.3, -0.25) is 0 Å². The topological polar surface area (TPSA) is 35.2 Å². The molecule has 0 amide bonds. The van der Waals surface area contributed by atoms with Gasteiger partial charge in [-0.2, -0.15) is 0 Å². The van der Waals surface area contributed by atoms with Gasteiger partial charge in [0.25, 0.3) is 0 Å². The summed E-state index contributed by atoms with van der Waals surface area (Å²) in [5.74, 6) is 0.820. The van der Waals surface area contributed by atoms with Crippen molar-refractivity contribution in [2.24, 2.45) is 5.73 Å². The Morgan fingerprint density at radius 3 is 2.50 bits per heavy atom. The minimum Gasteiger partial charge on any atom is -0.497 e. The van der Waals surface area contributed by atoms with E-state index in [1.165, 1.54) is 0 Å². The zero-order valence-electron chi connectivity index (χ0n) is 9.23. The second kappa shape index (κ2) is 4.81. The lowest BCUT2D eigenvalue weighted by atomic mass is 10.0. The molecular weight excluding hydrogens is 198 g/mol. The predicted octanol–water partition coefficient (Wildman–Crippen LogP) is 2.62. The van der Waals surface area contributed by atoms with Crippen molar-refractivity contribution in [2.45, 2.75) is 6.54 Å². The molecule has 0 heterocycles. The normalized spacial score (nSPS) is 10.1. The van der Waals surface area contributed by atoms with Crippen molar-refractivity contribution in [1.29, 1.82) is 0 Å². The van der Waals surface area contributed by atoms with Crippen molar-refractivity contribution in [3.63, 3.8) is 0 Å². The first-order chi connectivity index (χ1) is 7.83. The second-order valence-electron chi connectivity index (χ2n) is 3.56. The lowest BCUT2D eigenvalue weighted by Gasteiger charge is -2.05. The summed E-state index contributed by atoms with van der Waals surface area (Å²) in [4.78, 5) is 0. The van der Waals surface area contributed by atoms with E-state index >= 15 is 0 Å². The molecule has 0 fully saturated rings. The molecule has 2 nitrogen and oxygen atoms in total. The quantitative estimate of drug-likeness (QED) is 0.848. The van der Waals surface area contributed by atoms with Gasteiger partial charge in [-0.05, 0) is 41.0 Å². The van der Waals surface area contributed by atoms with Gasteiger partial charge in [0.15, 0.2) is 0 Å². The fourth-order valence-corrected chi connectivity index (χ4v) is 1.57. The maximum absolute atomic E-state index is 5.56. The Kier molecular flexibility index (Phi) is 3.22. The maximum Gasteiger partial charge on any atom is 0.120 e. The highest BCUT2D eigenvalue weighted by Crippen LogP contribution is 2.23. The van der Waals surface area contributed by atoms with E-state index in [0.717, 1.165) is 22.4 Å². The van der Waals surface area contributed by atoms with Crippen LogP contribution >= 0.6 is 0 Å². The van der Waals surface area contributed by atoms with Crippen LogP contribution in [0.1, 0.15) is 5.56 Å². The molecule has 0 aliphatic carbocycles. The van der Waals surface area contributed by atoms with Crippen molar-refractivity contribution >= 4 is 0 Å². The lowest BCUT2D eigenvalue weighted by molar-refractivity contribution is 0.415. The molecule has 0 bridgehead atoms. The van der Waals surface area contributed by atoms with Gasteiger partial charge in [0.2, 0.25) is 0 Å². The Hall–Kier alpha value is -1.80. The van der Waals surface area contributed by atoms with Crippen LogP contribution in [0.4, 0.5) is 0 Å². The third-order valence-corrected chi connectivity index (χ3v) is 2.52. The van der Waals surface area contributed by atoms with Gasteiger partial charge in [-0.15, -0.1) is 0 Å². The van der Waals surface area contributed by atoms with Crippen molar-refractivity contribution in [3.8, 4) is 16.9 Å². The maximum atomic E-state index is 5.56. The molecule has 2 heteroatoms. The van der Waals surface area contributed by atoms with Crippen LogP contribution in [0.2, 0.25) is 0 Å². The number of ether oxygens (including phenoxy) is 1. The van der Waals surface area contributed by atoms with Crippen molar-refractivity contribution in [2.75, 3.05) is 7.11 Å². The summed E-state index contributed by atoms with van der Waals surface area (Å²) in [5.41, 5.74) is 8.94. The number of benzene rings is 2. The van der Waals surface area contributed by atoms with E-state index in [-0.39, 0.29) is 0 Å². The number of methoxy groups -OCH3 is 1. The Bertz CT molecular complexity index is 462. The van der Waals surface area contributed by atoms with Crippen LogP contribution in [-0.4, -0.2) is 7.11 Å². The molecule has 0 saturated carbocycles. The highest BCUT2D eigenvalue weighted by atomic mass is 16.5. The van der Waals surface area contributed by atoms with Crippen LogP contribution in [0.25, 0.3) is 11.1 Å². The van der Waals surface area contributed by atoms with E-state index in [9.17, 15) is 0 Å². The minimum atomic E-state index is 0.574. The zero-order valence-corrected chi connectivity index (χ0v) is 9.23. The molecule has 0 spiro atoms. The first-order valence-corrected chi connectivity index (χ1v) is 5.18. The van der Waals surface area contributed by atoms with Crippen LogP contribution in [0.3, 0.4) is 0 Å². The molecule has 2 rings (SSSR count). The summed E-state index contributed by atoms with van der Waals surface area (Å²) >= 11 is 0. The van der Waals surface area contributed by atoms with Gasteiger partial charge in [-0.1, -0.05) is 24.3 Å². The summed E-state index contributed by atoms with van der Waals surface area (Å²) in [5, 5.41) is 0. The van der Waals surface area contributed by atoms with Gasteiger partial charge in [0, 0.05) is 6.54 Å². The molecule has 0 aliphatic heterocycles. The number of nitrogens with two attached hydrogens (primary N) is 1. The van der Waals surface area contributed by atoms with E-state index in [1.54, 1.807) is 7.11 Å². The van der Waals surface area contributed by atoms with E-state index in [2.05, 4.69) is 18.2 Å². The van der Waals surface area contributed by atoms with Crippen LogP contribution in [0.15, 0.2) is 42.5 Å². The van der Waals surface area contributed by atoms with Crippen LogP contribution < -0.4 is 10.5 Å². The summed E-state index contributed by atoms with van der Waals surface area (Å²) in [6, 6.07) is 17.0. The standard InChI is InChI=1S/C14H14NO/c1-16-14-4-2-3-13(9-14)12-7-5-11(10-15)6-8-12/h3-9H,10,15H2,1H3. The first-order valence-electron chi connectivity index (χ1n) is 5.18. The smallest absolute Gasteiger partial charge is 0.120 e. The molecule has 16 heavy (non-hydrogen) atoms. The predicted molar refractivity (Wildman–Crippen MR) is 65.2 cm³/mol. The zero-order chi connectivity index (χ0) is 11.4. The van der Waals surface area contributed by atoms with Crippen molar-refractivity contribution in [3.05, 3.63) is 54.1 Å². The summed E-state index contributed by atoms with van der Waals surface area (Å²) in [6.45, 7) is 0.574. The first kappa shape index (κ1) is 10.7. The van der Waals surface area contributed by atoms with E-state index < -0.39 is 0 Å². The Morgan fingerprint density at radius 1 is 1.12 bits per heavy atom. The molecule has 0 unspecified atom stereocenters. The van der Waals surface area contributed by atoms with Crippen LogP contribution in [0, 0.1) is 6.07 Å². The van der Waals surface area contributed by atoms with E-state index in [1.807, 2.05) is 30.3 Å². The summed E-state index contributed by atoms with van der Waals surface area (Å²) in [7, 11) is 1.66. The number of hydrogen-bond donors (Lipinski definition) is 1. The van der Waals surface area contributed by atoms with E-state index in [4.69, 9.17) is 10.5 Å². The molecule has 1 radical (unpaired) electrons. The minimum absolute atomic E-state index is 0.574. The summed E-state index contributed by atoms with van der Waals surface area (Å²) in [6.07, 6.45) is 0. The molecule has 0 saturated heterocycles. The molecule has 2 aromatic carbocycles. The Balaban J connectivity index is 2.34. The number of rotatable bonds is 3. The largest absolute Gasteiger partial charge is 0.497 e. The lowest BCUT2D eigenvalue weighted by Crippen LogP contribution is -1.95. The summed E-state index contributed by atoms with van der Waals surface area (Å²) < 4.78 is 5.17. The number of hydrogen-bond acceptors (Lipinski definition) is 2. The highest BCUT2D eigenvalue weighted by molar-refractivity contribution is 5.65. The van der Waals surface area contributed by atoms with Crippen molar-refractivity contribution in [1.82, 2.24) is 0 Å². The van der Waals surface area contributed by atoms with Crippen LogP contribution in [0.5, 0.6) is 5.75 Å². The van der Waals surface area contributed by atoms with Crippen molar-refractivity contribution < 1.29 is 4.74 Å². The monoisotopic (exact) mass is 212 g/mol. The highest BCUT2D eigenvalue weighted by Gasteiger charge is 1.99. The third-order valence-electron chi connectivity index (χ3n) is 2.52. The fourth-order valence-electron chi connectivity index (χ4n) is 1.57. The molecule has 2 aromatic rings. The average molecular weight is 212 g/mol. The van der Waals surface area contributed by atoms with E-state index in [0.29, 0.717) is 6.54 Å². The molecule has 2 N–H and O–H groups in total. The van der Waals surface area contributed by atoms with Gasteiger partial charge in [0.05, 0.1) is 7.11 Å². The fraction of sp³-hybridized carbons (Fsp3) is 0.143. The molecular formula is C14H14NO. The third kappa shape index (κ3) is 2.23. The van der Waals surface area contributed by atoms with Crippen LogP contribution in [-0.2, 0) is 6.54 Å². The SMILES string of the molecule is COc1c[c]cc(-c2ccc(CN)cc2)c1. The molecule has 0 aromatic heterocycles. The molecule has 81 valence electrons. The van der Waals surface area contributed by atoms with Gasteiger partial charge in [0.1, 0.15) is 5.75 Å². The Labute approximate surface area is 95.7 Å². The molecule has 0 atom stereocenters. The van der Waals surface area contributed by atoms with Gasteiger partial charge >= 0.3 is 0 Å². The van der Waals surface area contributed by atoms with Gasteiger partial charge < -0.3 is 10.5 Å². The Morgan fingerprint density at radius 2 is 1.88 bits per heavy atom. The van der Waals surface area contributed by atoms with Gasteiger partial charge in [-0.25, -0.2) is 0 Å². The molecule has 0 aliphatic rings. The average Bonchev–Trinajstić information content (AvgIpc) is 2.39. The second-order valence-corrected chi connectivity index (χ2v) is 3.56.